The highest BCUT2D eigenvalue weighted by molar-refractivity contribution is 6.10. The number of hydrogen-bond acceptors (Lipinski definition) is 4. The summed E-state index contributed by atoms with van der Waals surface area (Å²) in [6.45, 7) is 7.87. The van der Waals surface area contributed by atoms with E-state index < -0.39 is 11.6 Å². The summed E-state index contributed by atoms with van der Waals surface area (Å²) in [6, 6.07) is 5.36. The maximum absolute atomic E-state index is 12.9. The van der Waals surface area contributed by atoms with E-state index in [1.165, 1.54) is 18.5 Å². The first-order valence-electron chi connectivity index (χ1n) is 10.7. The molecule has 0 radical (unpaired) electrons. The predicted molar refractivity (Wildman–Crippen MR) is 114 cm³/mol. The van der Waals surface area contributed by atoms with E-state index in [-0.39, 0.29) is 18.4 Å². The molecule has 2 aliphatic rings. The minimum absolute atomic E-state index is 0.271. The summed E-state index contributed by atoms with van der Waals surface area (Å²) in [5.74, 6) is -0.660. The summed E-state index contributed by atoms with van der Waals surface area (Å²) >= 11 is 0. The highest BCUT2D eigenvalue weighted by atomic mass is 16.2. The van der Waals surface area contributed by atoms with Gasteiger partial charge < -0.3 is 15.5 Å². The van der Waals surface area contributed by atoms with Crippen LogP contribution in [-0.4, -0.2) is 47.9 Å². The number of carbonyl (C=O) groups excluding carboxylic acids is 3. The Labute approximate surface area is 172 Å². The molecule has 7 nitrogen and oxygen atoms in total. The summed E-state index contributed by atoms with van der Waals surface area (Å²) in [5, 5.41) is 5.67. The first-order valence-corrected chi connectivity index (χ1v) is 10.7. The second-order valence-corrected chi connectivity index (χ2v) is 8.15. The van der Waals surface area contributed by atoms with Crippen LogP contribution in [0.15, 0.2) is 18.2 Å². The lowest BCUT2D eigenvalue weighted by Crippen LogP contribution is -2.47. The lowest BCUT2D eigenvalue weighted by molar-refractivity contribution is -0.134. The number of nitrogens with zero attached hydrogens (tertiary/aromatic N) is 2. The van der Waals surface area contributed by atoms with Gasteiger partial charge >= 0.3 is 6.03 Å². The Kier molecular flexibility index (Phi) is 6.45. The molecule has 7 heteroatoms. The molecule has 2 heterocycles. The van der Waals surface area contributed by atoms with Crippen LogP contribution in [0, 0.1) is 6.92 Å². The molecular formula is C22H32N4O3. The van der Waals surface area contributed by atoms with Gasteiger partial charge in [-0.2, -0.15) is 0 Å². The van der Waals surface area contributed by atoms with E-state index >= 15 is 0 Å². The zero-order chi connectivity index (χ0) is 21.0. The van der Waals surface area contributed by atoms with Gasteiger partial charge in [0.2, 0.25) is 5.91 Å². The van der Waals surface area contributed by atoms with Crippen LogP contribution in [0.5, 0.6) is 0 Å². The Morgan fingerprint density at radius 3 is 2.38 bits per heavy atom. The average molecular weight is 401 g/mol. The number of imide groups is 1. The van der Waals surface area contributed by atoms with Crippen LogP contribution in [0.4, 0.5) is 16.2 Å². The van der Waals surface area contributed by atoms with Crippen molar-refractivity contribution < 1.29 is 14.4 Å². The Bertz CT molecular complexity index is 780. The summed E-state index contributed by atoms with van der Waals surface area (Å²) in [6.07, 6.45) is 5.16. The summed E-state index contributed by atoms with van der Waals surface area (Å²) < 4.78 is 0. The molecule has 2 aliphatic heterocycles. The Balaban J connectivity index is 1.65. The third-order valence-corrected chi connectivity index (χ3v) is 5.83. The lowest BCUT2D eigenvalue weighted by Gasteiger charge is -2.25. The fraction of sp³-hybridized carbons (Fsp3) is 0.591. The molecule has 0 saturated carbocycles. The number of anilines is 2. The number of nitrogens with one attached hydrogen (secondary N) is 2. The van der Waals surface area contributed by atoms with E-state index in [0.29, 0.717) is 18.5 Å². The Morgan fingerprint density at radius 1 is 1.14 bits per heavy atom. The van der Waals surface area contributed by atoms with Gasteiger partial charge in [-0.25, -0.2) is 4.79 Å². The van der Waals surface area contributed by atoms with Crippen molar-refractivity contribution >= 4 is 29.2 Å². The molecular weight excluding hydrogens is 368 g/mol. The molecule has 1 aromatic carbocycles. The third kappa shape index (κ3) is 4.38. The number of urea groups is 1. The quantitative estimate of drug-likeness (QED) is 0.655. The van der Waals surface area contributed by atoms with Crippen LogP contribution < -0.4 is 15.5 Å². The van der Waals surface area contributed by atoms with Gasteiger partial charge in [-0.3, -0.25) is 14.5 Å². The summed E-state index contributed by atoms with van der Waals surface area (Å²) in [7, 11) is 0. The van der Waals surface area contributed by atoms with Crippen molar-refractivity contribution in [3.63, 3.8) is 0 Å². The number of aryl methyl sites for hydroxylation is 1. The molecule has 0 unspecified atom stereocenters. The van der Waals surface area contributed by atoms with E-state index in [4.69, 9.17) is 0 Å². The summed E-state index contributed by atoms with van der Waals surface area (Å²) in [5.41, 5.74) is 2.11. The van der Waals surface area contributed by atoms with Crippen molar-refractivity contribution in [3.05, 3.63) is 23.8 Å². The van der Waals surface area contributed by atoms with Gasteiger partial charge in [-0.1, -0.05) is 26.7 Å². The number of hydrogen-bond donors (Lipinski definition) is 2. The fourth-order valence-corrected chi connectivity index (χ4v) is 4.53. The SMILES string of the molecule is CCCC1(CCC)NC(=O)N(CC(=O)Nc2ccc(N3CCCC3)c(C)c2)C1=O. The summed E-state index contributed by atoms with van der Waals surface area (Å²) in [4.78, 5) is 41.2. The van der Waals surface area contributed by atoms with Crippen molar-refractivity contribution in [1.29, 1.82) is 0 Å². The standard InChI is InChI=1S/C22H32N4O3/c1-4-10-22(11-5-2)20(28)26(21(29)24-22)15-19(27)23-17-8-9-18(16(3)14-17)25-12-6-7-13-25/h8-9,14H,4-7,10-13,15H2,1-3H3,(H,23,27)(H,24,29). The van der Waals surface area contributed by atoms with Gasteiger partial charge in [-0.15, -0.1) is 0 Å². The Hall–Kier alpha value is -2.57. The topological polar surface area (TPSA) is 81.8 Å². The molecule has 0 atom stereocenters. The average Bonchev–Trinajstić information content (AvgIpc) is 3.26. The minimum Gasteiger partial charge on any atom is -0.371 e. The molecule has 3 rings (SSSR count). The molecule has 0 aromatic heterocycles. The van der Waals surface area contributed by atoms with Gasteiger partial charge in [0.1, 0.15) is 12.1 Å². The first-order chi connectivity index (χ1) is 13.9. The van der Waals surface area contributed by atoms with Crippen LogP contribution in [-0.2, 0) is 9.59 Å². The Morgan fingerprint density at radius 2 is 1.79 bits per heavy atom. The number of benzene rings is 1. The minimum atomic E-state index is -0.866. The van der Waals surface area contributed by atoms with Crippen LogP contribution in [0.1, 0.15) is 57.9 Å². The predicted octanol–water partition coefficient (Wildman–Crippen LogP) is 3.42. The third-order valence-electron chi connectivity index (χ3n) is 5.83. The molecule has 0 bridgehead atoms. The van der Waals surface area contributed by atoms with E-state index in [9.17, 15) is 14.4 Å². The van der Waals surface area contributed by atoms with Crippen molar-refractivity contribution in [3.8, 4) is 0 Å². The smallest absolute Gasteiger partial charge is 0.325 e. The second-order valence-electron chi connectivity index (χ2n) is 8.15. The molecule has 0 aliphatic carbocycles. The highest BCUT2D eigenvalue weighted by Crippen LogP contribution is 2.29. The molecule has 1 aromatic rings. The van der Waals surface area contributed by atoms with E-state index in [1.54, 1.807) is 0 Å². The van der Waals surface area contributed by atoms with Crippen molar-refractivity contribution in [2.45, 2.75) is 64.8 Å². The van der Waals surface area contributed by atoms with Gasteiger partial charge in [-0.05, 0) is 56.4 Å². The molecule has 2 N–H and O–H groups in total. The van der Waals surface area contributed by atoms with E-state index in [2.05, 4.69) is 15.5 Å². The normalized spacial score (nSPS) is 18.3. The molecule has 2 saturated heterocycles. The van der Waals surface area contributed by atoms with Crippen molar-refractivity contribution in [1.82, 2.24) is 10.2 Å². The maximum atomic E-state index is 12.9. The van der Waals surface area contributed by atoms with Gasteiger partial charge in [0, 0.05) is 24.5 Å². The van der Waals surface area contributed by atoms with Crippen molar-refractivity contribution in [2.24, 2.45) is 0 Å². The van der Waals surface area contributed by atoms with Gasteiger partial charge in [0.25, 0.3) is 5.91 Å². The fourth-order valence-electron chi connectivity index (χ4n) is 4.53. The van der Waals surface area contributed by atoms with Gasteiger partial charge in [0.05, 0.1) is 0 Å². The molecule has 2 fully saturated rings. The zero-order valence-corrected chi connectivity index (χ0v) is 17.7. The monoisotopic (exact) mass is 400 g/mol. The molecule has 29 heavy (non-hydrogen) atoms. The van der Waals surface area contributed by atoms with Crippen molar-refractivity contribution in [2.75, 3.05) is 29.9 Å². The van der Waals surface area contributed by atoms with Crippen LogP contribution in [0.2, 0.25) is 0 Å². The number of rotatable bonds is 8. The molecule has 158 valence electrons. The van der Waals surface area contributed by atoms with Crippen LogP contribution in [0.3, 0.4) is 0 Å². The number of carbonyl (C=O) groups is 3. The maximum Gasteiger partial charge on any atom is 0.325 e. The highest BCUT2D eigenvalue weighted by Gasteiger charge is 2.50. The van der Waals surface area contributed by atoms with Crippen LogP contribution >= 0.6 is 0 Å². The molecule has 0 spiro atoms. The zero-order valence-electron chi connectivity index (χ0n) is 17.7. The van der Waals surface area contributed by atoms with E-state index in [1.807, 2.05) is 39.0 Å². The largest absolute Gasteiger partial charge is 0.371 e. The molecule has 4 amide bonds. The van der Waals surface area contributed by atoms with Crippen LogP contribution in [0.25, 0.3) is 0 Å². The lowest BCUT2D eigenvalue weighted by atomic mass is 9.88. The number of amides is 4. The van der Waals surface area contributed by atoms with Gasteiger partial charge in [0.15, 0.2) is 0 Å². The van der Waals surface area contributed by atoms with E-state index in [0.717, 1.165) is 36.4 Å². The first kappa shape index (κ1) is 21.1. The second kappa shape index (κ2) is 8.84.